The highest BCUT2D eigenvalue weighted by molar-refractivity contribution is 7.89. The monoisotopic (exact) mass is 323 g/mol. The SMILES string of the molecule is C=CC(O)(C=C)[C@H](CC(C)C)NS(=O)(=O)c1ccc(C)cc1. The van der Waals surface area contributed by atoms with Gasteiger partial charge in [-0.15, -0.1) is 0 Å². The fourth-order valence-corrected chi connectivity index (χ4v) is 3.43. The number of hydrogen-bond acceptors (Lipinski definition) is 3. The van der Waals surface area contributed by atoms with Gasteiger partial charge in [-0.2, -0.15) is 0 Å². The molecule has 0 spiro atoms. The van der Waals surface area contributed by atoms with Crippen molar-refractivity contribution in [2.24, 2.45) is 5.92 Å². The van der Waals surface area contributed by atoms with Crippen molar-refractivity contribution in [3.63, 3.8) is 0 Å². The molecule has 0 bridgehead atoms. The first-order valence-corrected chi connectivity index (χ1v) is 8.71. The first-order chi connectivity index (χ1) is 10.1. The minimum atomic E-state index is -3.73. The maximum absolute atomic E-state index is 12.5. The molecule has 1 rings (SSSR count). The van der Waals surface area contributed by atoms with Crippen LogP contribution in [0.5, 0.6) is 0 Å². The molecule has 0 unspecified atom stereocenters. The molecule has 22 heavy (non-hydrogen) atoms. The van der Waals surface area contributed by atoms with Gasteiger partial charge >= 0.3 is 0 Å². The first kappa shape index (κ1) is 18.6. The second-order valence-electron chi connectivity index (χ2n) is 5.91. The number of aryl methyl sites for hydroxylation is 1. The summed E-state index contributed by atoms with van der Waals surface area (Å²) < 4.78 is 27.6. The molecule has 0 fully saturated rings. The van der Waals surface area contributed by atoms with E-state index < -0.39 is 21.7 Å². The predicted molar refractivity (Wildman–Crippen MR) is 90.1 cm³/mol. The van der Waals surface area contributed by atoms with Crippen LogP contribution in [0.25, 0.3) is 0 Å². The van der Waals surface area contributed by atoms with E-state index in [2.05, 4.69) is 17.9 Å². The van der Waals surface area contributed by atoms with E-state index in [1.807, 2.05) is 20.8 Å². The van der Waals surface area contributed by atoms with Gasteiger partial charge in [-0.3, -0.25) is 0 Å². The lowest BCUT2D eigenvalue weighted by Gasteiger charge is -2.32. The van der Waals surface area contributed by atoms with Crippen molar-refractivity contribution >= 4 is 10.0 Å². The summed E-state index contributed by atoms with van der Waals surface area (Å²) in [6.45, 7) is 13.0. The maximum Gasteiger partial charge on any atom is 0.240 e. The summed E-state index contributed by atoms with van der Waals surface area (Å²) in [6.07, 6.45) is 3.08. The van der Waals surface area contributed by atoms with Gasteiger partial charge in [0.1, 0.15) is 5.60 Å². The molecule has 2 N–H and O–H groups in total. The average Bonchev–Trinajstić information content (AvgIpc) is 2.45. The molecule has 122 valence electrons. The molecule has 4 nitrogen and oxygen atoms in total. The Hall–Kier alpha value is -1.43. The maximum atomic E-state index is 12.5. The van der Waals surface area contributed by atoms with Crippen LogP contribution in [0.1, 0.15) is 25.8 Å². The molecule has 0 saturated carbocycles. The number of nitrogens with one attached hydrogen (secondary N) is 1. The molecule has 0 aliphatic carbocycles. The van der Waals surface area contributed by atoms with Gasteiger partial charge in [0, 0.05) is 0 Å². The van der Waals surface area contributed by atoms with Crippen molar-refractivity contribution < 1.29 is 13.5 Å². The van der Waals surface area contributed by atoms with E-state index in [9.17, 15) is 13.5 Å². The van der Waals surface area contributed by atoms with Gasteiger partial charge in [0.25, 0.3) is 0 Å². The quantitative estimate of drug-likeness (QED) is 0.723. The van der Waals surface area contributed by atoms with E-state index in [1.165, 1.54) is 12.2 Å². The lowest BCUT2D eigenvalue weighted by atomic mass is 9.89. The zero-order chi connectivity index (χ0) is 17.0. The Morgan fingerprint density at radius 2 is 1.73 bits per heavy atom. The fourth-order valence-electron chi connectivity index (χ4n) is 2.14. The van der Waals surface area contributed by atoms with Crippen LogP contribution in [0, 0.1) is 12.8 Å². The predicted octanol–water partition coefficient (Wildman–Crippen LogP) is 2.79. The second-order valence-corrected chi connectivity index (χ2v) is 7.63. The topological polar surface area (TPSA) is 66.4 Å². The summed E-state index contributed by atoms with van der Waals surface area (Å²) in [5, 5.41) is 10.5. The van der Waals surface area contributed by atoms with Crippen molar-refractivity contribution in [3.8, 4) is 0 Å². The number of rotatable bonds is 8. The van der Waals surface area contributed by atoms with Crippen LogP contribution >= 0.6 is 0 Å². The van der Waals surface area contributed by atoms with Crippen LogP contribution in [0.2, 0.25) is 0 Å². The van der Waals surface area contributed by atoms with Gasteiger partial charge in [0.05, 0.1) is 10.9 Å². The highest BCUT2D eigenvalue weighted by Gasteiger charge is 2.34. The molecule has 0 aliphatic rings. The van der Waals surface area contributed by atoms with Crippen molar-refractivity contribution in [2.75, 3.05) is 0 Å². The largest absolute Gasteiger partial charge is 0.380 e. The summed E-state index contributed by atoms with van der Waals surface area (Å²) in [6, 6.07) is 5.84. The Morgan fingerprint density at radius 1 is 1.23 bits per heavy atom. The molecule has 0 amide bonds. The highest BCUT2D eigenvalue weighted by atomic mass is 32.2. The molecule has 0 aromatic heterocycles. The fraction of sp³-hybridized carbons (Fsp3) is 0.412. The highest BCUT2D eigenvalue weighted by Crippen LogP contribution is 2.23. The zero-order valence-corrected chi connectivity index (χ0v) is 14.2. The van der Waals surface area contributed by atoms with Gasteiger partial charge in [-0.25, -0.2) is 13.1 Å². The van der Waals surface area contributed by atoms with Crippen LogP contribution in [-0.2, 0) is 10.0 Å². The lowest BCUT2D eigenvalue weighted by molar-refractivity contribution is 0.0960. The Bertz CT molecular complexity index is 610. The third kappa shape index (κ3) is 4.53. The van der Waals surface area contributed by atoms with Gasteiger partial charge < -0.3 is 5.11 Å². The standard InChI is InChI=1S/C17H25NO3S/c1-6-17(19,7-2)16(12-13(3)4)18-22(20,21)15-10-8-14(5)9-11-15/h6-11,13,16,18-19H,1-2,12H2,3-5H3/t16-/m0/s1. The van der Waals surface area contributed by atoms with E-state index in [0.29, 0.717) is 6.42 Å². The van der Waals surface area contributed by atoms with E-state index in [0.717, 1.165) is 5.56 Å². The van der Waals surface area contributed by atoms with E-state index >= 15 is 0 Å². The van der Waals surface area contributed by atoms with Crippen LogP contribution in [0.3, 0.4) is 0 Å². The summed E-state index contributed by atoms with van der Waals surface area (Å²) in [5.41, 5.74) is -0.520. The Labute approximate surface area is 133 Å². The minimum Gasteiger partial charge on any atom is -0.380 e. The van der Waals surface area contributed by atoms with Gasteiger partial charge in [-0.1, -0.05) is 56.9 Å². The van der Waals surface area contributed by atoms with Crippen molar-refractivity contribution in [1.29, 1.82) is 0 Å². The molecule has 1 aromatic rings. The second kappa shape index (κ2) is 7.22. The molecular formula is C17H25NO3S. The summed E-state index contributed by atoms with van der Waals surface area (Å²) in [5.74, 6) is 0.192. The smallest absolute Gasteiger partial charge is 0.240 e. The molecule has 1 aromatic carbocycles. The molecular weight excluding hydrogens is 298 g/mol. The average molecular weight is 323 g/mol. The summed E-state index contributed by atoms with van der Waals surface area (Å²) in [4.78, 5) is 0.169. The van der Waals surface area contributed by atoms with Crippen molar-refractivity contribution in [2.45, 2.75) is 43.7 Å². The first-order valence-electron chi connectivity index (χ1n) is 7.23. The van der Waals surface area contributed by atoms with E-state index in [4.69, 9.17) is 0 Å². The Kier molecular flexibility index (Phi) is 6.11. The van der Waals surface area contributed by atoms with Crippen LogP contribution in [0.15, 0.2) is 54.5 Å². The van der Waals surface area contributed by atoms with Crippen molar-refractivity contribution in [1.82, 2.24) is 4.72 Å². The zero-order valence-electron chi connectivity index (χ0n) is 13.4. The molecule has 0 aliphatic heterocycles. The Morgan fingerprint density at radius 3 is 2.14 bits per heavy atom. The molecule has 5 heteroatoms. The van der Waals surface area contributed by atoms with Gasteiger partial charge in [0.15, 0.2) is 0 Å². The third-order valence-corrected chi connectivity index (χ3v) is 5.04. The molecule has 0 saturated heterocycles. The summed E-state index contributed by atoms with van der Waals surface area (Å²) in [7, 11) is -3.73. The third-order valence-electron chi connectivity index (χ3n) is 3.55. The van der Waals surface area contributed by atoms with Crippen LogP contribution in [-0.4, -0.2) is 25.2 Å². The molecule has 1 atom stereocenters. The van der Waals surface area contributed by atoms with Gasteiger partial charge in [-0.05, 0) is 31.4 Å². The normalized spacial score (nSPS) is 13.9. The van der Waals surface area contributed by atoms with Crippen LogP contribution in [0.4, 0.5) is 0 Å². The van der Waals surface area contributed by atoms with E-state index in [1.54, 1.807) is 24.3 Å². The molecule has 0 heterocycles. The number of hydrogen-bond donors (Lipinski definition) is 2. The number of benzene rings is 1. The Balaban J connectivity index is 3.14. The van der Waals surface area contributed by atoms with Crippen LogP contribution < -0.4 is 4.72 Å². The summed E-state index contributed by atoms with van der Waals surface area (Å²) >= 11 is 0. The van der Waals surface area contributed by atoms with Gasteiger partial charge in [0.2, 0.25) is 10.0 Å². The number of sulfonamides is 1. The molecule has 0 radical (unpaired) electrons. The van der Waals surface area contributed by atoms with Crippen molar-refractivity contribution in [3.05, 3.63) is 55.1 Å². The lowest BCUT2D eigenvalue weighted by Crippen LogP contribution is -2.51. The van der Waals surface area contributed by atoms with E-state index in [-0.39, 0.29) is 10.8 Å². The number of aliphatic hydroxyl groups is 1. The minimum absolute atomic E-state index is 0.169.